The summed E-state index contributed by atoms with van der Waals surface area (Å²) in [5.41, 5.74) is 3.99. The first-order valence-corrected chi connectivity index (χ1v) is 12.3. The van der Waals surface area contributed by atoms with Crippen molar-refractivity contribution in [1.29, 1.82) is 0 Å². The van der Waals surface area contributed by atoms with E-state index in [1.165, 1.54) is 11.8 Å². The maximum Gasteiger partial charge on any atom is 0.237 e. The number of aromatic nitrogens is 2. The molecule has 4 rings (SSSR count). The Morgan fingerprint density at radius 2 is 1.97 bits per heavy atom. The molecule has 0 aliphatic carbocycles. The molecule has 3 aromatic rings. The molecule has 6 nitrogen and oxygen atoms in total. The van der Waals surface area contributed by atoms with Crippen LogP contribution in [0.4, 0.5) is 5.69 Å². The summed E-state index contributed by atoms with van der Waals surface area (Å²) in [4.78, 5) is 17.5. The third-order valence-electron chi connectivity index (χ3n) is 5.85. The molecule has 2 atom stereocenters. The Bertz CT molecular complexity index is 1060. The fourth-order valence-electron chi connectivity index (χ4n) is 3.75. The number of thioether (sulfide) groups is 1. The Morgan fingerprint density at radius 3 is 2.67 bits per heavy atom. The summed E-state index contributed by atoms with van der Waals surface area (Å²) in [5.74, 6) is 0.710. The lowest BCUT2D eigenvalue weighted by Crippen LogP contribution is -2.23. The van der Waals surface area contributed by atoms with Crippen molar-refractivity contribution in [2.24, 2.45) is 0 Å². The Kier molecular flexibility index (Phi) is 7.73. The number of anilines is 1. The second-order valence-corrected chi connectivity index (χ2v) is 9.67. The summed E-state index contributed by atoms with van der Waals surface area (Å²) in [7, 11) is 0. The monoisotopic (exact) mass is 465 g/mol. The summed E-state index contributed by atoms with van der Waals surface area (Å²) < 4.78 is 13.8. The van der Waals surface area contributed by atoms with Crippen molar-refractivity contribution in [3.05, 3.63) is 71.5 Å². The number of carbonyl (C=O) groups excluding carboxylic acids is 1. The number of imidazole rings is 1. The maximum atomic E-state index is 12.8. The van der Waals surface area contributed by atoms with Crippen molar-refractivity contribution in [3.63, 3.8) is 0 Å². The summed E-state index contributed by atoms with van der Waals surface area (Å²) in [5, 5.41) is 3.58. The molecule has 1 amide bonds. The van der Waals surface area contributed by atoms with Crippen molar-refractivity contribution in [2.75, 3.05) is 11.9 Å². The normalized spacial score (nSPS) is 16.5. The van der Waals surface area contributed by atoms with E-state index < -0.39 is 0 Å². The van der Waals surface area contributed by atoms with Crippen molar-refractivity contribution in [2.45, 2.75) is 63.3 Å². The van der Waals surface area contributed by atoms with Gasteiger partial charge < -0.3 is 19.4 Å². The van der Waals surface area contributed by atoms with Crippen LogP contribution in [0.3, 0.4) is 0 Å². The van der Waals surface area contributed by atoms with Gasteiger partial charge in [0.2, 0.25) is 5.91 Å². The van der Waals surface area contributed by atoms with E-state index in [1.807, 2.05) is 68.4 Å². The van der Waals surface area contributed by atoms with E-state index in [2.05, 4.69) is 16.8 Å². The van der Waals surface area contributed by atoms with Crippen molar-refractivity contribution in [3.8, 4) is 5.75 Å². The van der Waals surface area contributed by atoms with E-state index >= 15 is 0 Å². The number of nitrogens with one attached hydrogen (secondary N) is 1. The van der Waals surface area contributed by atoms with Gasteiger partial charge in [0.25, 0.3) is 0 Å². The summed E-state index contributed by atoms with van der Waals surface area (Å²) in [6, 6.07) is 17.5. The number of ether oxygens (including phenoxy) is 2. The van der Waals surface area contributed by atoms with Crippen LogP contribution in [0.15, 0.2) is 59.8 Å². The molecular formula is C26H31N3O3S. The Labute approximate surface area is 199 Å². The average Bonchev–Trinajstić information content (AvgIpc) is 3.43. The molecule has 1 aliphatic heterocycles. The van der Waals surface area contributed by atoms with Gasteiger partial charge in [0.1, 0.15) is 12.4 Å². The summed E-state index contributed by atoms with van der Waals surface area (Å²) >= 11 is 1.48. The summed E-state index contributed by atoms with van der Waals surface area (Å²) in [6.45, 7) is 8.12. The van der Waals surface area contributed by atoms with Crippen molar-refractivity contribution < 1.29 is 14.3 Å². The smallest absolute Gasteiger partial charge is 0.237 e. The molecule has 0 bridgehead atoms. The molecule has 1 saturated heterocycles. The van der Waals surface area contributed by atoms with Crippen LogP contribution in [0.5, 0.6) is 5.75 Å². The number of hydrogen-bond acceptors (Lipinski definition) is 5. The number of carbonyl (C=O) groups is 1. The molecule has 1 aromatic heterocycles. The van der Waals surface area contributed by atoms with Gasteiger partial charge in [-0.15, -0.1) is 0 Å². The Balaban J connectivity index is 1.33. The Morgan fingerprint density at radius 1 is 1.21 bits per heavy atom. The van der Waals surface area contributed by atoms with Crippen LogP contribution in [0.25, 0.3) is 0 Å². The highest BCUT2D eigenvalue weighted by Crippen LogP contribution is 2.28. The van der Waals surface area contributed by atoms with Crippen LogP contribution in [0.2, 0.25) is 0 Å². The van der Waals surface area contributed by atoms with Gasteiger partial charge in [-0.1, -0.05) is 42.1 Å². The summed E-state index contributed by atoms with van der Waals surface area (Å²) in [6.07, 6.45) is 2.40. The molecule has 7 heteroatoms. The number of rotatable bonds is 9. The first kappa shape index (κ1) is 23.4. The molecule has 0 unspecified atom stereocenters. The fourth-order valence-corrected chi connectivity index (χ4v) is 4.76. The molecule has 2 aromatic carbocycles. The third-order valence-corrected chi connectivity index (χ3v) is 6.94. The Hall–Kier alpha value is -2.77. The predicted octanol–water partition coefficient (Wildman–Crippen LogP) is 5.38. The number of benzene rings is 2. The molecule has 0 radical (unpaired) electrons. The van der Waals surface area contributed by atoms with Crippen LogP contribution in [-0.4, -0.2) is 33.4 Å². The first-order valence-electron chi connectivity index (χ1n) is 11.4. The molecule has 0 spiro atoms. The largest absolute Gasteiger partial charge is 0.489 e. The molecular weight excluding hydrogens is 434 g/mol. The van der Waals surface area contributed by atoms with Gasteiger partial charge >= 0.3 is 0 Å². The second-order valence-electron chi connectivity index (χ2n) is 8.36. The predicted molar refractivity (Wildman–Crippen MR) is 132 cm³/mol. The van der Waals surface area contributed by atoms with Crippen LogP contribution in [-0.2, 0) is 22.7 Å². The van der Waals surface area contributed by atoms with Crippen LogP contribution in [0.1, 0.15) is 36.7 Å². The van der Waals surface area contributed by atoms with Gasteiger partial charge in [0, 0.05) is 18.0 Å². The molecule has 1 N–H and O–H groups in total. The molecule has 33 heavy (non-hydrogen) atoms. The highest BCUT2D eigenvalue weighted by Gasteiger charge is 2.23. The lowest BCUT2D eigenvalue weighted by atomic mass is 10.2. The number of nitrogens with zero attached hydrogens (tertiary/aromatic N) is 2. The van der Waals surface area contributed by atoms with E-state index in [0.29, 0.717) is 6.61 Å². The zero-order valence-corrected chi connectivity index (χ0v) is 20.2. The molecule has 2 heterocycles. The first-order chi connectivity index (χ1) is 16.0. The van der Waals surface area contributed by atoms with Gasteiger partial charge in [-0.2, -0.15) is 0 Å². The maximum absolute atomic E-state index is 12.8. The molecule has 0 saturated carbocycles. The van der Waals surface area contributed by atoms with E-state index in [1.54, 1.807) is 0 Å². The van der Waals surface area contributed by atoms with Gasteiger partial charge in [0.05, 0.1) is 23.6 Å². The molecule has 1 fully saturated rings. The highest BCUT2D eigenvalue weighted by molar-refractivity contribution is 8.00. The lowest BCUT2D eigenvalue weighted by Gasteiger charge is -2.17. The SMILES string of the molecule is Cc1nc(S[C@@H](C)C(=O)Nc2ccc(OCc3ccccc3)cc2)n(C[C@H]2CCCO2)c1C. The van der Waals surface area contributed by atoms with Crippen molar-refractivity contribution >= 4 is 23.4 Å². The fraction of sp³-hybridized carbons (Fsp3) is 0.385. The number of aryl methyl sites for hydroxylation is 1. The number of amides is 1. The molecule has 1 aliphatic rings. The van der Waals surface area contributed by atoms with Gasteiger partial charge in [0.15, 0.2) is 5.16 Å². The minimum atomic E-state index is -0.288. The second kappa shape index (κ2) is 10.9. The highest BCUT2D eigenvalue weighted by atomic mass is 32.2. The van der Waals surface area contributed by atoms with E-state index in [-0.39, 0.29) is 17.3 Å². The standard InChI is InChI=1S/C26H31N3O3S/c1-18-19(2)29(16-24-10-7-15-31-24)26(27-18)33-20(3)25(30)28-22-11-13-23(14-12-22)32-17-21-8-5-4-6-9-21/h4-6,8-9,11-14,20,24H,7,10,15-17H2,1-3H3,(H,28,30)/t20-,24+/m0/s1. The third kappa shape index (κ3) is 6.18. The van der Waals surface area contributed by atoms with Crippen LogP contribution < -0.4 is 10.1 Å². The van der Waals surface area contributed by atoms with E-state index in [0.717, 1.165) is 59.5 Å². The van der Waals surface area contributed by atoms with Crippen LogP contribution in [0, 0.1) is 13.8 Å². The molecule has 174 valence electrons. The van der Waals surface area contributed by atoms with Gasteiger partial charge in [-0.05, 0) is 63.4 Å². The zero-order valence-electron chi connectivity index (χ0n) is 19.4. The van der Waals surface area contributed by atoms with E-state index in [9.17, 15) is 4.79 Å². The quantitative estimate of drug-likeness (QED) is 0.430. The van der Waals surface area contributed by atoms with E-state index in [4.69, 9.17) is 14.5 Å². The van der Waals surface area contributed by atoms with Crippen LogP contribution >= 0.6 is 11.8 Å². The number of hydrogen-bond donors (Lipinski definition) is 1. The minimum absolute atomic E-state index is 0.0556. The van der Waals surface area contributed by atoms with Gasteiger partial charge in [-0.25, -0.2) is 4.98 Å². The average molecular weight is 466 g/mol. The van der Waals surface area contributed by atoms with Gasteiger partial charge in [-0.3, -0.25) is 4.79 Å². The van der Waals surface area contributed by atoms with Crippen molar-refractivity contribution in [1.82, 2.24) is 9.55 Å². The zero-order chi connectivity index (χ0) is 23.2. The minimum Gasteiger partial charge on any atom is -0.489 e. The topological polar surface area (TPSA) is 65.4 Å². The lowest BCUT2D eigenvalue weighted by molar-refractivity contribution is -0.115.